The average Bonchev–Trinajstić information content (AvgIpc) is 2.38. The Morgan fingerprint density at radius 3 is 2.00 bits per heavy atom. The zero-order valence-corrected chi connectivity index (χ0v) is 8.80. The van der Waals surface area contributed by atoms with Crippen molar-refractivity contribution >= 4 is 5.69 Å². The van der Waals surface area contributed by atoms with Gasteiger partial charge in [-0.25, -0.2) is 0 Å². The molecule has 0 saturated carbocycles. The van der Waals surface area contributed by atoms with Crippen LogP contribution in [0.15, 0.2) is 60.7 Å². The fourth-order valence-corrected chi connectivity index (χ4v) is 1.54. The molecule has 0 saturated heterocycles. The van der Waals surface area contributed by atoms with Crippen molar-refractivity contribution in [2.24, 2.45) is 0 Å². The van der Waals surface area contributed by atoms with Crippen LogP contribution in [0.25, 0.3) is 0 Å². The van der Waals surface area contributed by atoms with E-state index in [1.165, 1.54) is 0 Å². The summed E-state index contributed by atoms with van der Waals surface area (Å²) in [7, 11) is 0. The quantitative estimate of drug-likeness (QED) is 0.839. The van der Waals surface area contributed by atoms with E-state index in [4.69, 9.17) is 5.26 Å². The summed E-state index contributed by atoms with van der Waals surface area (Å²) in [5, 5.41) is 12.3. The first-order valence-electron chi connectivity index (χ1n) is 5.16. The number of nitrogens with one attached hydrogen (secondary N) is 1. The van der Waals surface area contributed by atoms with E-state index < -0.39 is 0 Å². The van der Waals surface area contributed by atoms with E-state index in [0.717, 1.165) is 11.3 Å². The third-order valence-corrected chi connectivity index (χ3v) is 2.35. The molecular weight excluding hydrogens is 196 g/mol. The lowest BCUT2D eigenvalue weighted by molar-refractivity contribution is 0.998. The van der Waals surface area contributed by atoms with Crippen LogP contribution in [0.3, 0.4) is 0 Å². The van der Waals surface area contributed by atoms with Gasteiger partial charge in [-0.1, -0.05) is 48.5 Å². The molecule has 0 fully saturated rings. The van der Waals surface area contributed by atoms with E-state index in [0.29, 0.717) is 0 Å². The van der Waals surface area contributed by atoms with Crippen molar-refractivity contribution in [2.75, 3.05) is 5.32 Å². The molecule has 0 aromatic heterocycles. The lowest BCUT2D eigenvalue weighted by Crippen LogP contribution is -2.07. The number of rotatable bonds is 3. The summed E-state index contributed by atoms with van der Waals surface area (Å²) in [6.07, 6.45) is 0. The van der Waals surface area contributed by atoms with Crippen molar-refractivity contribution in [2.45, 2.75) is 6.04 Å². The van der Waals surface area contributed by atoms with E-state index in [-0.39, 0.29) is 6.04 Å². The normalized spacial score (nSPS) is 11.4. The maximum Gasteiger partial charge on any atom is 0.140 e. The third-order valence-electron chi connectivity index (χ3n) is 2.35. The van der Waals surface area contributed by atoms with Gasteiger partial charge in [0.1, 0.15) is 6.04 Å². The van der Waals surface area contributed by atoms with E-state index >= 15 is 0 Å². The predicted molar refractivity (Wildman–Crippen MR) is 64.9 cm³/mol. The monoisotopic (exact) mass is 208 g/mol. The van der Waals surface area contributed by atoms with E-state index in [9.17, 15) is 0 Å². The van der Waals surface area contributed by atoms with Crippen LogP contribution >= 0.6 is 0 Å². The van der Waals surface area contributed by atoms with Gasteiger partial charge in [0.25, 0.3) is 0 Å². The second kappa shape index (κ2) is 4.99. The molecule has 0 aliphatic carbocycles. The SMILES string of the molecule is N#C[C@@H](Nc1ccccc1)c1ccccc1. The van der Waals surface area contributed by atoms with Gasteiger partial charge in [-0.2, -0.15) is 5.26 Å². The van der Waals surface area contributed by atoms with Gasteiger partial charge in [0.2, 0.25) is 0 Å². The van der Waals surface area contributed by atoms with Crippen molar-refractivity contribution in [3.8, 4) is 6.07 Å². The van der Waals surface area contributed by atoms with Crippen molar-refractivity contribution in [1.29, 1.82) is 5.26 Å². The van der Waals surface area contributed by atoms with Crippen LogP contribution in [0, 0.1) is 11.3 Å². The van der Waals surface area contributed by atoms with Gasteiger partial charge < -0.3 is 5.32 Å². The molecule has 0 heterocycles. The van der Waals surface area contributed by atoms with Crippen LogP contribution in [-0.2, 0) is 0 Å². The average molecular weight is 208 g/mol. The molecule has 0 aliphatic heterocycles. The Hall–Kier alpha value is -2.27. The number of nitrogens with zero attached hydrogens (tertiary/aromatic N) is 1. The molecule has 2 nitrogen and oxygen atoms in total. The second-order valence-electron chi connectivity index (χ2n) is 3.48. The van der Waals surface area contributed by atoms with Crippen LogP contribution in [0.5, 0.6) is 0 Å². The van der Waals surface area contributed by atoms with Crippen LogP contribution in [-0.4, -0.2) is 0 Å². The minimum Gasteiger partial charge on any atom is -0.366 e. The summed E-state index contributed by atoms with van der Waals surface area (Å²) >= 11 is 0. The molecule has 0 bridgehead atoms. The molecule has 0 radical (unpaired) electrons. The Morgan fingerprint density at radius 2 is 1.44 bits per heavy atom. The number of hydrogen-bond donors (Lipinski definition) is 1. The minimum absolute atomic E-state index is 0.302. The van der Waals surface area contributed by atoms with E-state index in [1.807, 2.05) is 60.7 Å². The van der Waals surface area contributed by atoms with Crippen molar-refractivity contribution in [1.82, 2.24) is 0 Å². The van der Waals surface area contributed by atoms with Gasteiger partial charge in [0.15, 0.2) is 0 Å². The van der Waals surface area contributed by atoms with Crippen molar-refractivity contribution in [3.63, 3.8) is 0 Å². The fraction of sp³-hybridized carbons (Fsp3) is 0.0714. The first-order valence-corrected chi connectivity index (χ1v) is 5.16. The molecule has 0 spiro atoms. The Balaban J connectivity index is 2.17. The number of anilines is 1. The summed E-state index contributed by atoms with van der Waals surface area (Å²) in [6.45, 7) is 0. The lowest BCUT2D eigenvalue weighted by Gasteiger charge is -2.12. The molecule has 0 amide bonds. The fourth-order valence-electron chi connectivity index (χ4n) is 1.54. The first-order chi connectivity index (χ1) is 7.90. The Kier molecular flexibility index (Phi) is 3.20. The largest absolute Gasteiger partial charge is 0.366 e. The van der Waals surface area contributed by atoms with Crippen LogP contribution in [0.4, 0.5) is 5.69 Å². The number of para-hydroxylation sites is 1. The maximum atomic E-state index is 9.13. The molecule has 2 rings (SSSR count). The Morgan fingerprint density at radius 1 is 0.875 bits per heavy atom. The smallest absolute Gasteiger partial charge is 0.140 e. The lowest BCUT2D eigenvalue weighted by atomic mass is 10.1. The molecule has 0 unspecified atom stereocenters. The van der Waals surface area contributed by atoms with Gasteiger partial charge >= 0.3 is 0 Å². The second-order valence-corrected chi connectivity index (χ2v) is 3.48. The molecule has 78 valence electrons. The van der Waals surface area contributed by atoms with Gasteiger partial charge in [0, 0.05) is 5.69 Å². The number of benzene rings is 2. The summed E-state index contributed by atoms with van der Waals surface area (Å²) in [5.74, 6) is 0. The highest BCUT2D eigenvalue weighted by Gasteiger charge is 2.08. The van der Waals surface area contributed by atoms with Gasteiger partial charge in [-0.05, 0) is 17.7 Å². The summed E-state index contributed by atoms with van der Waals surface area (Å²) in [4.78, 5) is 0. The zero-order valence-electron chi connectivity index (χ0n) is 8.80. The van der Waals surface area contributed by atoms with Gasteiger partial charge in [-0.15, -0.1) is 0 Å². The van der Waals surface area contributed by atoms with E-state index in [2.05, 4.69) is 11.4 Å². The Labute approximate surface area is 95.2 Å². The summed E-state index contributed by atoms with van der Waals surface area (Å²) < 4.78 is 0. The molecule has 1 atom stereocenters. The standard InChI is InChI=1S/C14H12N2/c15-11-14(12-7-3-1-4-8-12)16-13-9-5-2-6-10-13/h1-10,14,16H/t14-/m1/s1. The highest BCUT2D eigenvalue weighted by molar-refractivity contribution is 5.47. The molecule has 2 aromatic carbocycles. The molecule has 16 heavy (non-hydrogen) atoms. The van der Waals surface area contributed by atoms with Crippen LogP contribution in [0.1, 0.15) is 11.6 Å². The van der Waals surface area contributed by atoms with Crippen molar-refractivity contribution < 1.29 is 0 Å². The summed E-state index contributed by atoms with van der Waals surface area (Å²) in [5.41, 5.74) is 1.94. The van der Waals surface area contributed by atoms with Gasteiger partial charge in [0.05, 0.1) is 6.07 Å². The van der Waals surface area contributed by atoms with Crippen LogP contribution in [0.2, 0.25) is 0 Å². The minimum atomic E-state index is -0.302. The van der Waals surface area contributed by atoms with E-state index in [1.54, 1.807) is 0 Å². The molecule has 0 aliphatic rings. The molecular formula is C14H12N2. The zero-order chi connectivity index (χ0) is 11.2. The van der Waals surface area contributed by atoms with Crippen LogP contribution < -0.4 is 5.32 Å². The first kappa shape index (κ1) is 10.3. The number of hydrogen-bond acceptors (Lipinski definition) is 2. The summed E-state index contributed by atoms with van der Waals surface area (Å²) in [6, 6.07) is 21.4. The molecule has 2 heteroatoms. The maximum absolute atomic E-state index is 9.13. The number of nitriles is 1. The third kappa shape index (κ3) is 2.40. The topological polar surface area (TPSA) is 35.8 Å². The van der Waals surface area contributed by atoms with Gasteiger partial charge in [-0.3, -0.25) is 0 Å². The molecule has 2 aromatic rings. The highest BCUT2D eigenvalue weighted by atomic mass is 14.9. The highest BCUT2D eigenvalue weighted by Crippen LogP contribution is 2.18. The Bertz CT molecular complexity index is 471. The van der Waals surface area contributed by atoms with Crippen molar-refractivity contribution in [3.05, 3.63) is 66.2 Å². The predicted octanol–water partition coefficient (Wildman–Crippen LogP) is 3.36. The molecule has 1 N–H and O–H groups in total.